The Balaban J connectivity index is 1.78. The molecule has 0 fully saturated rings. The van der Waals surface area contributed by atoms with Crippen LogP contribution in [0.3, 0.4) is 0 Å². The van der Waals surface area contributed by atoms with Crippen LogP contribution in [0.15, 0.2) is 40.8 Å². The number of nitrogens with two attached hydrogens (primary N) is 1. The molecule has 1 aliphatic rings. The highest BCUT2D eigenvalue weighted by atomic mass is 32.2. The van der Waals surface area contributed by atoms with Crippen LogP contribution < -0.4 is 16.4 Å². The van der Waals surface area contributed by atoms with E-state index in [0.29, 0.717) is 6.42 Å². The van der Waals surface area contributed by atoms with Gasteiger partial charge in [-0.25, -0.2) is 0 Å². The van der Waals surface area contributed by atoms with E-state index in [1.807, 2.05) is 43.0 Å². The van der Waals surface area contributed by atoms with Gasteiger partial charge in [0.15, 0.2) is 0 Å². The van der Waals surface area contributed by atoms with Crippen molar-refractivity contribution in [3.63, 3.8) is 0 Å². The Hall–Kier alpha value is -1.85. The molecule has 0 saturated carbocycles. The quantitative estimate of drug-likeness (QED) is 0.705. The predicted molar refractivity (Wildman–Crippen MR) is 100 cm³/mol. The van der Waals surface area contributed by atoms with Crippen LogP contribution in [-0.2, 0) is 6.42 Å². The van der Waals surface area contributed by atoms with Crippen LogP contribution >= 0.6 is 11.8 Å². The van der Waals surface area contributed by atoms with E-state index in [2.05, 4.69) is 35.1 Å². The summed E-state index contributed by atoms with van der Waals surface area (Å²) in [6.07, 6.45) is 6.85. The largest absolute Gasteiger partial charge is 0.466 e. The molecule has 2 heterocycles. The molecule has 0 amide bonds. The Morgan fingerprint density at radius 2 is 2.17 bits per heavy atom. The van der Waals surface area contributed by atoms with Crippen molar-refractivity contribution in [2.24, 2.45) is 5.73 Å². The van der Waals surface area contributed by atoms with Gasteiger partial charge in [-0.05, 0) is 43.5 Å². The fourth-order valence-corrected chi connectivity index (χ4v) is 3.10. The molecular weight excluding hydrogens is 306 g/mol. The molecule has 1 aromatic carbocycles. The van der Waals surface area contributed by atoms with Crippen LogP contribution in [0.25, 0.3) is 6.08 Å². The zero-order valence-corrected chi connectivity index (χ0v) is 14.4. The smallest absolute Gasteiger partial charge is 0.112 e. The number of hydrogen-bond donors (Lipinski definition) is 3. The van der Waals surface area contributed by atoms with Gasteiger partial charge in [0.25, 0.3) is 0 Å². The van der Waals surface area contributed by atoms with Gasteiger partial charge in [-0.2, -0.15) is 11.8 Å². The number of anilines is 2. The standard InChI is InChI=1S/C18H23N3OS/c1-13-6-7-14(22-13)12-18(19)9-8-15-16(20-10-11-23-2)4-3-5-17(15)21-18/h3-9,20-21H,10-12,19H2,1-2H3. The van der Waals surface area contributed by atoms with E-state index in [1.165, 1.54) is 0 Å². The Labute approximate surface area is 141 Å². The van der Waals surface area contributed by atoms with Crippen molar-refractivity contribution in [1.82, 2.24) is 0 Å². The number of aryl methyl sites for hydroxylation is 1. The number of nitrogens with one attached hydrogen (secondary N) is 2. The van der Waals surface area contributed by atoms with E-state index in [-0.39, 0.29) is 0 Å². The molecule has 5 heteroatoms. The van der Waals surface area contributed by atoms with Gasteiger partial charge in [-0.3, -0.25) is 0 Å². The maximum atomic E-state index is 6.51. The summed E-state index contributed by atoms with van der Waals surface area (Å²) in [5.74, 6) is 2.88. The molecule has 122 valence electrons. The maximum absolute atomic E-state index is 6.51. The molecule has 0 aliphatic carbocycles. The molecule has 4 N–H and O–H groups in total. The number of benzene rings is 1. The van der Waals surface area contributed by atoms with E-state index in [4.69, 9.17) is 10.2 Å². The van der Waals surface area contributed by atoms with Crippen LogP contribution in [0.2, 0.25) is 0 Å². The fourth-order valence-electron chi connectivity index (χ4n) is 2.79. The van der Waals surface area contributed by atoms with Crippen molar-refractivity contribution >= 4 is 29.2 Å². The third-order valence-corrected chi connectivity index (χ3v) is 4.52. The first-order chi connectivity index (χ1) is 11.1. The summed E-state index contributed by atoms with van der Waals surface area (Å²) in [6, 6.07) is 10.2. The summed E-state index contributed by atoms with van der Waals surface area (Å²) in [5, 5.41) is 6.93. The second kappa shape index (κ2) is 6.72. The lowest BCUT2D eigenvalue weighted by atomic mass is 9.96. The monoisotopic (exact) mass is 329 g/mol. The van der Waals surface area contributed by atoms with Crippen LogP contribution in [0.4, 0.5) is 11.4 Å². The molecule has 1 unspecified atom stereocenters. The molecule has 1 atom stereocenters. The number of thioether (sulfide) groups is 1. The minimum atomic E-state index is -0.630. The molecule has 0 saturated heterocycles. The first-order valence-electron chi connectivity index (χ1n) is 7.77. The molecule has 2 aromatic rings. The lowest BCUT2D eigenvalue weighted by molar-refractivity contribution is 0.445. The average molecular weight is 329 g/mol. The summed E-state index contributed by atoms with van der Waals surface area (Å²) in [5.41, 5.74) is 9.22. The summed E-state index contributed by atoms with van der Waals surface area (Å²) in [4.78, 5) is 0. The lowest BCUT2D eigenvalue weighted by Crippen LogP contribution is -2.49. The maximum Gasteiger partial charge on any atom is 0.112 e. The Bertz CT molecular complexity index is 710. The van der Waals surface area contributed by atoms with E-state index in [9.17, 15) is 0 Å². The first kappa shape index (κ1) is 16.0. The molecule has 0 spiro atoms. The van der Waals surface area contributed by atoms with Gasteiger partial charge in [0, 0.05) is 35.7 Å². The number of hydrogen-bond acceptors (Lipinski definition) is 5. The summed E-state index contributed by atoms with van der Waals surface area (Å²) < 4.78 is 5.66. The van der Waals surface area contributed by atoms with Crippen molar-refractivity contribution in [2.45, 2.75) is 19.0 Å². The van der Waals surface area contributed by atoms with Gasteiger partial charge in [0.05, 0.1) is 0 Å². The zero-order chi connectivity index (χ0) is 16.3. The van der Waals surface area contributed by atoms with E-state index < -0.39 is 5.66 Å². The van der Waals surface area contributed by atoms with Crippen molar-refractivity contribution in [3.8, 4) is 0 Å². The number of furan rings is 1. The van der Waals surface area contributed by atoms with Gasteiger partial charge in [0.1, 0.15) is 17.2 Å². The normalized spacial score (nSPS) is 19.3. The SMILES string of the molecule is CSCCNc1cccc2c1C=CC(N)(Cc1ccc(C)o1)N2. The average Bonchev–Trinajstić information content (AvgIpc) is 2.91. The minimum absolute atomic E-state index is 0.612. The summed E-state index contributed by atoms with van der Waals surface area (Å²) in [7, 11) is 0. The zero-order valence-electron chi connectivity index (χ0n) is 13.6. The highest BCUT2D eigenvalue weighted by molar-refractivity contribution is 7.98. The lowest BCUT2D eigenvalue weighted by Gasteiger charge is -2.32. The molecule has 1 aromatic heterocycles. The fraction of sp³-hybridized carbons (Fsp3) is 0.333. The van der Waals surface area contributed by atoms with Gasteiger partial charge in [0.2, 0.25) is 0 Å². The first-order valence-corrected chi connectivity index (χ1v) is 9.16. The predicted octanol–water partition coefficient (Wildman–Crippen LogP) is 3.70. The summed E-state index contributed by atoms with van der Waals surface area (Å²) >= 11 is 1.83. The second-order valence-corrected chi connectivity index (χ2v) is 6.86. The Morgan fingerprint density at radius 3 is 2.91 bits per heavy atom. The molecule has 0 bridgehead atoms. The van der Waals surface area contributed by atoms with Crippen LogP contribution in [0, 0.1) is 6.92 Å². The van der Waals surface area contributed by atoms with Gasteiger partial charge in [-0.1, -0.05) is 12.1 Å². The third-order valence-electron chi connectivity index (χ3n) is 3.91. The Kier molecular flexibility index (Phi) is 4.68. The van der Waals surface area contributed by atoms with Crippen LogP contribution in [0.1, 0.15) is 17.1 Å². The Morgan fingerprint density at radius 1 is 1.30 bits per heavy atom. The van der Waals surface area contributed by atoms with Gasteiger partial charge < -0.3 is 20.8 Å². The summed E-state index contributed by atoms with van der Waals surface area (Å²) in [6.45, 7) is 2.89. The van der Waals surface area contributed by atoms with E-state index in [0.717, 1.165) is 40.8 Å². The van der Waals surface area contributed by atoms with Crippen LogP contribution in [-0.4, -0.2) is 24.2 Å². The molecule has 3 rings (SSSR count). The number of rotatable bonds is 6. The van der Waals surface area contributed by atoms with Crippen molar-refractivity contribution in [1.29, 1.82) is 0 Å². The minimum Gasteiger partial charge on any atom is -0.466 e. The topological polar surface area (TPSA) is 63.2 Å². The van der Waals surface area contributed by atoms with Crippen molar-refractivity contribution < 1.29 is 4.42 Å². The van der Waals surface area contributed by atoms with Crippen LogP contribution in [0.5, 0.6) is 0 Å². The molecule has 0 radical (unpaired) electrons. The van der Waals surface area contributed by atoms with Gasteiger partial charge in [-0.15, -0.1) is 0 Å². The van der Waals surface area contributed by atoms with E-state index >= 15 is 0 Å². The third kappa shape index (κ3) is 3.74. The molecule has 4 nitrogen and oxygen atoms in total. The highest BCUT2D eigenvalue weighted by Gasteiger charge is 2.28. The molecular formula is C18H23N3OS. The molecule has 1 aliphatic heterocycles. The highest BCUT2D eigenvalue weighted by Crippen LogP contribution is 2.33. The van der Waals surface area contributed by atoms with Crippen molar-refractivity contribution in [2.75, 3.05) is 29.2 Å². The second-order valence-electron chi connectivity index (χ2n) is 5.87. The van der Waals surface area contributed by atoms with Crippen molar-refractivity contribution in [3.05, 3.63) is 53.5 Å². The van der Waals surface area contributed by atoms with E-state index in [1.54, 1.807) is 0 Å². The number of fused-ring (bicyclic) bond motifs is 1. The molecule has 23 heavy (non-hydrogen) atoms. The van der Waals surface area contributed by atoms with Gasteiger partial charge >= 0.3 is 0 Å².